The van der Waals surface area contributed by atoms with E-state index in [-0.39, 0.29) is 24.5 Å². The molecule has 0 radical (unpaired) electrons. The minimum atomic E-state index is -3.72. The third-order valence-electron chi connectivity index (χ3n) is 4.40. The van der Waals surface area contributed by atoms with Crippen LogP contribution >= 0.6 is 0 Å². The molecular formula is C23H23NO7S. The largest absolute Gasteiger partial charge is 0.497 e. The number of benzene rings is 3. The van der Waals surface area contributed by atoms with Crippen LogP contribution in [0.3, 0.4) is 0 Å². The Morgan fingerprint density at radius 1 is 0.875 bits per heavy atom. The summed E-state index contributed by atoms with van der Waals surface area (Å²) in [6.07, 6.45) is -0.120. The van der Waals surface area contributed by atoms with Crippen molar-refractivity contribution in [2.45, 2.75) is 11.3 Å². The fourth-order valence-electron chi connectivity index (χ4n) is 2.85. The average Bonchev–Trinajstić information content (AvgIpc) is 2.78. The topological polar surface area (TPSA) is 111 Å². The quantitative estimate of drug-likeness (QED) is 0.423. The fraction of sp³-hybridized carbons (Fsp3) is 0.174. The molecule has 0 fully saturated rings. The molecule has 0 unspecified atom stereocenters. The molecule has 2 N–H and O–H groups in total. The Morgan fingerprint density at radius 2 is 1.50 bits per heavy atom. The summed E-state index contributed by atoms with van der Waals surface area (Å²) in [6, 6.07) is 19.5. The second-order valence-electron chi connectivity index (χ2n) is 6.68. The number of anilines is 1. The number of carbonyl (C=O) groups is 1. The summed E-state index contributed by atoms with van der Waals surface area (Å²) in [6.45, 7) is 0.459. The minimum absolute atomic E-state index is 0.120. The molecule has 32 heavy (non-hydrogen) atoms. The molecule has 9 heteroatoms. The van der Waals surface area contributed by atoms with E-state index >= 15 is 0 Å². The van der Waals surface area contributed by atoms with E-state index in [1.54, 1.807) is 60.7 Å². The number of para-hydroxylation sites is 1. The van der Waals surface area contributed by atoms with E-state index in [0.29, 0.717) is 28.5 Å². The fourth-order valence-corrected chi connectivity index (χ4v) is 3.91. The molecule has 0 bridgehead atoms. The number of hydrogen-bond donors (Lipinski definition) is 2. The summed E-state index contributed by atoms with van der Waals surface area (Å²) in [5.74, 6) is 0.682. The molecule has 0 heterocycles. The second kappa shape index (κ2) is 10.5. The third kappa shape index (κ3) is 6.39. The Labute approximate surface area is 186 Å². The van der Waals surface area contributed by atoms with Crippen molar-refractivity contribution in [3.05, 3.63) is 78.4 Å². The molecule has 3 aromatic carbocycles. The van der Waals surface area contributed by atoms with Crippen LogP contribution in [0.15, 0.2) is 77.7 Å². The zero-order valence-corrected chi connectivity index (χ0v) is 18.2. The Morgan fingerprint density at radius 3 is 2.16 bits per heavy atom. The highest BCUT2D eigenvalue weighted by molar-refractivity contribution is 7.92. The van der Waals surface area contributed by atoms with Gasteiger partial charge in [0.15, 0.2) is 0 Å². The predicted molar refractivity (Wildman–Crippen MR) is 119 cm³/mol. The van der Waals surface area contributed by atoms with Crippen molar-refractivity contribution < 1.29 is 32.5 Å². The molecule has 8 nitrogen and oxygen atoms in total. The summed E-state index contributed by atoms with van der Waals surface area (Å²) in [4.78, 5) is 11.1. The van der Waals surface area contributed by atoms with Crippen LogP contribution in [0.2, 0.25) is 0 Å². The molecule has 0 saturated heterocycles. The van der Waals surface area contributed by atoms with E-state index in [1.807, 2.05) is 0 Å². The summed E-state index contributed by atoms with van der Waals surface area (Å²) in [5, 5.41) is 8.96. The van der Waals surface area contributed by atoms with Crippen LogP contribution in [-0.4, -0.2) is 39.8 Å². The van der Waals surface area contributed by atoms with Gasteiger partial charge in [0.2, 0.25) is 0 Å². The first kappa shape index (κ1) is 23.0. The standard InChI is InChI=1S/C23H23NO7S/c1-29-19-10-12-21(13-11-19)32(27,28)24-18-6-8-20(9-7-18)30-14-15-31-22-5-3-2-4-17(22)16-23(25)26/h2-13,24H,14-16H2,1H3,(H,25,26). The van der Waals surface area contributed by atoms with Crippen LogP contribution in [-0.2, 0) is 21.2 Å². The number of nitrogens with one attached hydrogen (secondary N) is 1. The van der Waals surface area contributed by atoms with Gasteiger partial charge in [0, 0.05) is 11.3 Å². The number of hydrogen-bond acceptors (Lipinski definition) is 6. The molecule has 0 saturated carbocycles. The number of sulfonamides is 1. The zero-order chi connectivity index (χ0) is 23.0. The maximum atomic E-state index is 12.5. The molecule has 168 valence electrons. The van der Waals surface area contributed by atoms with Crippen molar-refractivity contribution in [3.63, 3.8) is 0 Å². The minimum Gasteiger partial charge on any atom is -0.497 e. The Balaban J connectivity index is 1.51. The molecule has 0 aliphatic heterocycles. The van der Waals surface area contributed by atoms with E-state index < -0.39 is 16.0 Å². The first-order valence-electron chi connectivity index (χ1n) is 9.69. The maximum Gasteiger partial charge on any atom is 0.307 e. The van der Waals surface area contributed by atoms with Gasteiger partial charge in [0.1, 0.15) is 30.5 Å². The average molecular weight is 458 g/mol. The van der Waals surface area contributed by atoms with Crippen molar-refractivity contribution in [1.82, 2.24) is 0 Å². The van der Waals surface area contributed by atoms with Gasteiger partial charge in [-0.2, -0.15) is 0 Å². The van der Waals surface area contributed by atoms with Gasteiger partial charge in [0.25, 0.3) is 10.0 Å². The molecule has 0 spiro atoms. The highest BCUT2D eigenvalue weighted by Gasteiger charge is 2.14. The van der Waals surface area contributed by atoms with Gasteiger partial charge in [-0.05, 0) is 54.6 Å². The van der Waals surface area contributed by atoms with Gasteiger partial charge in [0.05, 0.1) is 18.4 Å². The molecule has 0 aliphatic carbocycles. The van der Waals surface area contributed by atoms with Gasteiger partial charge in [-0.3, -0.25) is 9.52 Å². The maximum absolute atomic E-state index is 12.5. The van der Waals surface area contributed by atoms with E-state index in [0.717, 1.165) is 0 Å². The molecular weight excluding hydrogens is 434 g/mol. The number of carboxylic acid groups (broad SMARTS) is 1. The molecule has 3 rings (SSSR count). The van der Waals surface area contributed by atoms with Crippen LogP contribution in [0, 0.1) is 0 Å². The van der Waals surface area contributed by atoms with Crippen molar-refractivity contribution in [2.75, 3.05) is 25.0 Å². The van der Waals surface area contributed by atoms with Gasteiger partial charge < -0.3 is 19.3 Å². The van der Waals surface area contributed by atoms with E-state index in [9.17, 15) is 13.2 Å². The van der Waals surface area contributed by atoms with Crippen LogP contribution in [0.1, 0.15) is 5.56 Å². The van der Waals surface area contributed by atoms with Gasteiger partial charge >= 0.3 is 5.97 Å². The lowest BCUT2D eigenvalue weighted by Crippen LogP contribution is -2.13. The van der Waals surface area contributed by atoms with E-state index in [4.69, 9.17) is 19.3 Å². The zero-order valence-electron chi connectivity index (χ0n) is 17.4. The van der Waals surface area contributed by atoms with Gasteiger partial charge in [-0.1, -0.05) is 18.2 Å². The van der Waals surface area contributed by atoms with E-state index in [2.05, 4.69) is 4.72 Å². The first-order valence-corrected chi connectivity index (χ1v) is 11.2. The molecule has 3 aromatic rings. The van der Waals surface area contributed by atoms with Gasteiger partial charge in [-0.25, -0.2) is 8.42 Å². The van der Waals surface area contributed by atoms with E-state index in [1.165, 1.54) is 19.2 Å². The Bertz CT molecular complexity index is 1140. The van der Waals surface area contributed by atoms with Crippen molar-refractivity contribution >= 4 is 21.7 Å². The van der Waals surface area contributed by atoms with Crippen molar-refractivity contribution in [2.24, 2.45) is 0 Å². The normalized spacial score (nSPS) is 10.9. The summed E-state index contributed by atoms with van der Waals surface area (Å²) in [5.41, 5.74) is 0.987. The molecule has 0 amide bonds. The summed E-state index contributed by atoms with van der Waals surface area (Å²) in [7, 11) is -2.21. The number of methoxy groups -OCH3 is 1. The van der Waals surface area contributed by atoms with Crippen LogP contribution in [0.5, 0.6) is 17.2 Å². The smallest absolute Gasteiger partial charge is 0.307 e. The molecule has 0 aliphatic rings. The SMILES string of the molecule is COc1ccc(S(=O)(=O)Nc2ccc(OCCOc3ccccc3CC(=O)O)cc2)cc1. The number of ether oxygens (including phenoxy) is 3. The Kier molecular flexibility index (Phi) is 7.56. The monoisotopic (exact) mass is 457 g/mol. The van der Waals surface area contributed by atoms with Crippen LogP contribution < -0.4 is 18.9 Å². The lowest BCUT2D eigenvalue weighted by molar-refractivity contribution is -0.136. The summed E-state index contributed by atoms with van der Waals surface area (Å²) >= 11 is 0. The first-order chi connectivity index (χ1) is 15.4. The Hall–Kier alpha value is -3.72. The second-order valence-corrected chi connectivity index (χ2v) is 8.36. The van der Waals surface area contributed by atoms with Crippen molar-refractivity contribution in [1.29, 1.82) is 0 Å². The summed E-state index contributed by atoms with van der Waals surface area (Å²) < 4.78 is 43.8. The number of rotatable bonds is 11. The number of carboxylic acids is 1. The third-order valence-corrected chi connectivity index (χ3v) is 5.80. The molecule has 0 atom stereocenters. The number of aliphatic carboxylic acids is 1. The highest BCUT2D eigenvalue weighted by atomic mass is 32.2. The lowest BCUT2D eigenvalue weighted by Gasteiger charge is -2.12. The van der Waals surface area contributed by atoms with Gasteiger partial charge in [-0.15, -0.1) is 0 Å². The lowest BCUT2D eigenvalue weighted by atomic mass is 10.1. The molecule has 0 aromatic heterocycles. The highest BCUT2D eigenvalue weighted by Crippen LogP contribution is 2.22. The predicted octanol–water partition coefficient (Wildman–Crippen LogP) is 3.58. The van der Waals surface area contributed by atoms with Crippen LogP contribution in [0.25, 0.3) is 0 Å². The van der Waals surface area contributed by atoms with Crippen LogP contribution in [0.4, 0.5) is 5.69 Å². The van der Waals surface area contributed by atoms with Crippen molar-refractivity contribution in [3.8, 4) is 17.2 Å².